The number of aryl methyl sites for hydroxylation is 2. The largest absolute Gasteiger partial charge is 0.347 e. The molecule has 7 N–H and O–H groups in total. The van der Waals surface area contributed by atoms with Crippen LogP contribution in [0.25, 0.3) is 0 Å². The highest BCUT2D eigenvalue weighted by Gasteiger charge is 2.46. The molecule has 2 heterocycles. The second-order valence-electron chi connectivity index (χ2n) is 22.0. The number of rotatable bonds is 18. The van der Waals surface area contributed by atoms with E-state index in [-0.39, 0.29) is 73.5 Å². The van der Waals surface area contributed by atoms with Gasteiger partial charge < -0.3 is 47.0 Å². The molecule has 2 aliphatic carbocycles. The van der Waals surface area contributed by atoms with E-state index in [2.05, 4.69) is 49.4 Å². The van der Waals surface area contributed by atoms with Gasteiger partial charge in [-0.2, -0.15) is 0 Å². The maximum Gasteiger partial charge on any atom is 0.251 e. The highest BCUT2D eigenvalue weighted by molar-refractivity contribution is 5.97. The van der Waals surface area contributed by atoms with Gasteiger partial charge >= 0.3 is 0 Å². The summed E-state index contributed by atoms with van der Waals surface area (Å²) in [5.41, 5.74) is 5.58. The maximum atomic E-state index is 15.0. The molecule has 400 valence electrons. The van der Waals surface area contributed by atoms with E-state index < -0.39 is 59.5 Å². The second kappa shape index (κ2) is 24.5. The fraction of sp³-hybridized carbons (Fsp3) is 0.569. The van der Waals surface area contributed by atoms with E-state index in [1.54, 1.807) is 43.0 Å². The highest BCUT2D eigenvalue weighted by Crippen LogP contribution is 2.34. The average Bonchev–Trinajstić information content (AvgIpc) is 3.83. The molecule has 0 aromatic heterocycles. The number of nitrogens with one attached hydrogen (secondary N) is 7. The van der Waals surface area contributed by atoms with Crippen LogP contribution in [0.5, 0.6) is 0 Å². The van der Waals surface area contributed by atoms with Crippen molar-refractivity contribution in [1.82, 2.24) is 47.0 Å². The monoisotopic (exact) mass is 1020 g/mol. The third kappa shape index (κ3) is 12.5. The third-order valence-corrected chi connectivity index (χ3v) is 16.2. The molecule has 7 amide bonds. The maximum absolute atomic E-state index is 15.0. The van der Waals surface area contributed by atoms with Crippen molar-refractivity contribution in [2.24, 2.45) is 11.3 Å². The van der Waals surface area contributed by atoms with Gasteiger partial charge in [-0.05, 0) is 129 Å². The number of hydrogen-bond acceptors (Lipinski definition) is 9. The number of nitrogens with zero attached hydrogens (tertiary/aromatic N) is 2. The zero-order valence-electron chi connectivity index (χ0n) is 45.1. The van der Waals surface area contributed by atoms with Gasteiger partial charge in [0, 0.05) is 31.1 Å². The molecule has 4 aliphatic rings. The van der Waals surface area contributed by atoms with Crippen molar-refractivity contribution < 1.29 is 33.6 Å². The summed E-state index contributed by atoms with van der Waals surface area (Å²) < 4.78 is 0. The molecule has 9 atom stereocenters. The minimum absolute atomic E-state index is 0.00643. The Morgan fingerprint density at radius 2 is 1.24 bits per heavy atom. The Kier molecular flexibility index (Phi) is 18.4. The van der Waals surface area contributed by atoms with Crippen LogP contribution in [0.3, 0.4) is 0 Å². The topological polar surface area (TPSA) is 210 Å². The van der Waals surface area contributed by atoms with Crippen molar-refractivity contribution in [3.63, 3.8) is 0 Å². The zero-order valence-corrected chi connectivity index (χ0v) is 45.1. The van der Waals surface area contributed by atoms with E-state index in [4.69, 9.17) is 0 Å². The Morgan fingerprint density at radius 3 is 1.80 bits per heavy atom. The fourth-order valence-corrected chi connectivity index (χ4v) is 11.5. The Hall–Kier alpha value is -6.13. The minimum Gasteiger partial charge on any atom is -0.347 e. The smallest absolute Gasteiger partial charge is 0.251 e. The molecule has 1 saturated heterocycles. The molecule has 3 aromatic rings. The standard InChI is InChI=1S/C58H81N9O7/c1-10-35(11-2)49(64-53(70)44(12-3)60-9)56(73)67-33-41(31-48(67)55(72)63-46-26-18-22-37-20-14-16-24-43(37)46)61-52(69)39-28-27-38-30-47(54(71)62-45-25-17-21-36-19-13-15-23-42(36)45)66(32-40(38)29-39)57(74)50(58(5,6)7)65-51(68)34(4)59-8/h13-16,19-20,23-24,27-29,34-35,41,44-50,59-60H,10-12,17-18,21-22,25-26,30-33H2,1-9H3,(H,61,69)(H,62,71)(H,63,72)(H,64,70)(H,65,68)/t34-,41-,44-,45+,46+,47-,48-,49-,50+/m0/s1. The molecule has 1 fully saturated rings. The molecule has 7 rings (SSSR count). The SMILES string of the molecule is CCC(CC)[C@H](NC(=O)[C@H](CC)NC)C(=O)N1C[C@@H](NC(=O)c2ccc3c(c2)CN(C(=O)[C@@H](NC(=O)[C@H](C)NC)C(C)(C)C)[C@H](C(=O)N[C@@H]2CCCc4ccccc42)C3)C[C@H]1C(=O)N[C@@H]1CCCc2ccccc21. The lowest BCUT2D eigenvalue weighted by atomic mass is 9.83. The van der Waals surface area contributed by atoms with E-state index in [0.717, 1.165) is 55.2 Å². The first-order valence-electron chi connectivity index (χ1n) is 27.2. The van der Waals surface area contributed by atoms with Crippen LogP contribution in [-0.2, 0) is 54.6 Å². The molecule has 16 nitrogen and oxygen atoms in total. The van der Waals surface area contributed by atoms with Crippen molar-refractivity contribution in [3.8, 4) is 0 Å². The third-order valence-electron chi connectivity index (χ3n) is 16.2. The van der Waals surface area contributed by atoms with Crippen LogP contribution in [0, 0.1) is 11.3 Å². The quantitative estimate of drug-likeness (QED) is 0.0905. The summed E-state index contributed by atoms with van der Waals surface area (Å²) >= 11 is 0. The Bertz CT molecular complexity index is 2540. The molecule has 16 heteroatoms. The van der Waals surface area contributed by atoms with E-state index in [1.165, 1.54) is 11.1 Å². The number of amides is 7. The van der Waals surface area contributed by atoms with Crippen molar-refractivity contribution in [3.05, 3.63) is 106 Å². The lowest BCUT2D eigenvalue weighted by Crippen LogP contribution is -2.62. The van der Waals surface area contributed by atoms with Gasteiger partial charge in [-0.3, -0.25) is 33.6 Å². The van der Waals surface area contributed by atoms with Gasteiger partial charge in [-0.15, -0.1) is 0 Å². The Morgan fingerprint density at radius 1 is 0.649 bits per heavy atom. The first-order valence-corrected chi connectivity index (χ1v) is 27.2. The van der Waals surface area contributed by atoms with Gasteiger partial charge in [0.15, 0.2) is 0 Å². The van der Waals surface area contributed by atoms with E-state index in [0.29, 0.717) is 30.4 Å². The van der Waals surface area contributed by atoms with E-state index in [9.17, 15) is 28.8 Å². The first kappa shape index (κ1) is 55.6. The van der Waals surface area contributed by atoms with Gasteiger partial charge in [-0.25, -0.2) is 0 Å². The summed E-state index contributed by atoms with van der Waals surface area (Å²) in [4.78, 5) is 104. The fourth-order valence-electron chi connectivity index (χ4n) is 11.5. The van der Waals surface area contributed by atoms with Gasteiger partial charge in [0.05, 0.1) is 24.2 Å². The van der Waals surface area contributed by atoms with E-state index >= 15 is 4.79 Å². The van der Waals surface area contributed by atoms with Crippen molar-refractivity contribution in [2.45, 2.75) is 180 Å². The number of benzene rings is 3. The molecule has 0 spiro atoms. The number of carbonyl (C=O) groups is 7. The van der Waals surface area contributed by atoms with Crippen LogP contribution >= 0.6 is 0 Å². The average molecular weight is 1020 g/mol. The van der Waals surface area contributed by atoms with Gasteiger partial charge in [-0.1, -0.05) is 109 Å². The van der Waals surface area contributed by atoms with Gasteiger partial charge in [0.1, 0.15) is 24.2 Å². The van der Waals surface area contributed by atoms with Crippen molar-refractivity contribution in [1.29, 1.82) is 0 Å². The number of hydrogen-bond donors (Lipinski definition) is 7. The van der Waals surface area contributed by atoms with Crippen LogP contribution in [0.1, 0.15) is 156 Å². The lowest BCUT2D eigenvalue weighted by molar-refractivity contribution is -0.147. The Balaban J connectivity index is 1.16. The summed E-state index contributed by atoms with van der Waals surface area (Å²) in [6, 6.07) is 15.6. The van der Waals surface area contributed by atoms with Crippen LogP contribution in [0.15, 0.2) is 66.7 Å². The van der Waals surface area contributed by atoms with Crippen LogP contribution in [-0.4, -0.2) is 114 Å². The highest BCUT2D eigenvalue weighted by atomic mass is 16.2. The summed E-state index contributed by atoms with van der Waals surface area (Å²) in [5, 5.41) is 21.7. The number of fused-ring (bicyclic) bond motifs is 3. The first-order chi connectivity index (χ1) is 35.4. The molecule has 74 heavy (non-hydrogen) atoms. The predicted molar refractivity (Wildman–Crippen MR) is 285 cm³/mol. The van der Waals surface area contributed by atoms with Crippen molar-refractivity contribution >= 4 is 41.4 Å². The summed E-state index contributed by atoms with van der Waals surface area (Å²) in [5.74, 6) is -2.65. The molecule has 0 bridgehead atoms. The molecule has 0 radical (unpaired) electrons. The van der Waals surface area contributed by atoms with Gasteiger partial charge in [0.25, 0.3) is 5.91 Å². The molecule has 3 aromatic carbocycles. The molecule has 0 unspecified atom stereocenters. The second-order valence-corrected chi connectivity index (χ2v) is 22.0. The molecule has 0 saturated carbocycles. The number of likely N-dealkylation sites (N-methyl/N-ethyl adjacent to an activating group) is 2. The van der Waals surface area contributed by atoms with Gasteiger partial charge in [0.2, 0.25) is 35.4 Å². The molecule has 2 aliphatic heterocycles. The normalized spacial score (nSPS) is 21.9. The molecular weight excluding hydrogens is 935 g/mol. The number of carbonyl (C=O) groups excluding carboxylic acids is 7. The molecular formula is C58H81N9O7. The van der Waals surface area contributed by atoms with E-state index in [1.807, 2.05) is 84.0 Å². The predicted octanol–water partition coefficient (Wildman–Crippen LogP) is 5.08. The zero-order chi connectivity index (χ0) is 53.4. The Labute approximate surface area is 438 Å². The van der Waals surface area contributed by atoms with Crippen LogP contribution in [0.4, 0.5) is 0 Å². The lowest BCUT2D eigenvalue weighted by Gasteiger charge is -2.42. The summed E-state index contributed by atoms with van der Waals surface area (Å²) in [7, 11) is 3.38. The summed E-state index contributed by atoms with van der Waals surface area (Å²) in [6.45, 7) is 13.3. The van der Waals surface area contributed by atoms with Crippen LogP contribution < -0.4 is 37.2 Å². The number of likely N-dealkylation sites (tertiary alicyclic amines) is 1. The summed E-state index contributed by atoms with van der Waals surface area (Å²) in [6.07, 6.45) is 7.27. The minimum atomic E-state index is -0.982. The van der Waals surface area contributed by atoms with Crippen molar-refractivity contribution in [2.75, 3.05) is 20.6 Å². The van der Waals surface area contributed by atoms with Crippen LogP contribution in [0.2, 0.25) is 0 Å².